The summed E-state index contributed by atoms with van der Waals surface area (Å²) in [6.07, 6.45) is 5.17. The quantitative estimate of drug-likeness (QED) is 0.929. The van der Waals surface area contributed by atoms with E-state index in [0.29, 0.717) is 11.9 Å². The first-order chi connectivity index (χ1) is 9.63. The number of nitrogens with two attached hydrogens (primary N) is 1. The normalized spacial score (nSPS) is 24.5. The van der Waals surface area contributed by atoms with Crippen molar-refractivity contribution >= 4 is 18.3 Å². The third-order valence-electron chi connectivity index (χ3n) is 4.53. The van der Waals surface area contributed by atoms with Crippen molar-refractivity contribution in [1.29, 1.82) is 0 Å². The van der Waals surface area contributed by atoms with E-state index >= 15 is 0 Å². The van der Waals surface area contributed by atoms with E-state index in [1.165, 1.54) is 11.1 Å². The Bertz CT molecular complexity index is 501. The van der Waals surface area contributed by atoms with Gasteiger partial charge in [0, 0.05) is 24.5 Å². The largest absolute Gasteiger partial charge is 0.335 e. The maximum atomic E-state index is 12.7. The van der Waals surface area contributed by atoms with Crippen LogP contribution >= 0.6 is 12.4 Å². The third kappa shape index (κ3) is 3.98. The Morgan fingerprint density at radius 1 is 1.29 bits per heavy atom. The van der Waals surface area contributed by atoms with Gasteiger partial charge in [-0.25, -0.2) is 0 Å². The highest BCUT2D eigenvalue weighted by Gasteiger charge is 2.38. The van der Waals surface area contributed by atoms with E-state index in [2.05, 4.69) is 36.1 Å². The molecule has 1 aromatic carbocycles. The molecule has 2 unspecified atom stereocenters. The minimum absolute atomic E-state index is 0. The molecule has 21 heavy (non-hydrogen) atoms. The summed E-state index contributed by atoms with van der Waals surface area (Å²) in [5, 5.41) is 0. The molecule has 0 spiro atoms. The molecule has 0 saturated heterocycles. The van der Waals surface area contributed by atoms with Gasteiger partial charge in [0.1, 0.15) is 0 Å². The van der Waals surface area contributed by atoms with Crippen LogP contribution in [-0.4, -0.2) is 22.9 Å². The van der Waals surface area contributed by atoms with E-state index in [-0.39, 0.29) is 24.4 Å². The Balaban J connectivity index is 0.00000161. The van der Waals surface area contributed by atoms with Crippen molar-refractivity contribution in [3.8, 4) is 0 Å². The molecular weight excluding hydrogens is 284 g/mol. The first-order valence-electron chi connectivity index (χ1n) is 7.75. The maximum absolute atomic E-state index is 12.7. The zero-order chi connectivity index (χ0) is 14.1. The van der Waals surface area contributed by atoms with Gasteiger partial charge in [-0.1, -0.05) is 29.8 Å². The van der Waals surface area contributed by atoms with E-state index in [0.717, 1.165) is 38.6 Å². The number of amides is 1. The number of halogens is 1. The maximum Gasteiger partial charge on any atom is 0.226 e. The van der Waals surface area contributed by atoms with Crippen LogP contribution < -0.4 is 5.73 Å². The van der Waals surface area contributed by atoms with Gasteiger partial charge in [-0.05, 0) is 44.6 Å². The summed E-state index contributed by atoms with van der Waals surface area (Å²) in [6, 6.07) is 9.18. The molecule has 2 N–H and O–H groups in total. The highest BCUT2D eigenvalue weighted by Crippen LogP contribution is 2.33. The van der Waals surface area contributed by atoms with E-state index in [1.807, 2.05) is 0 Å². The molecule has 1 amide bonds. The first kappa shape index (κ1) is 16.3. The lowest BCUT2D eigenvalue weighted by atomic mass is 10.0. The van der Waals surface area contributed by atoms with Crippen molar-refractivity contribution in [2.45, 2.75) is 57.7 Å². The fourth-order valence-corrected chi connectivity index (χ4v) is 3.26. The summed E-state index contributed by atoms with van der Waals surface area (Å²) in [5.41, 5.74) is 8.46. The van der Waals surface area contributed by atoms with Gasteiger partial charge >= 0.3 is 0 Å². The molecule has 3 nitrogen and oxygen atoms in total. The monoisotopic (exact) mass is 308 g/mol. The van der Waals surface area contributed by atoms with Gasteiger partial charge in [0.05, 0.1) is 0 Å². The summed E-state index contributed by atoms with van der Waals surface area (Å²) in [4.78, 5) is 14.8. The minimum Gasteiger partial charge on any atom is -0.335 e. The number of hydrogen-bond acceptors (Lipinski definition) is 2. The van der Waals surface area contributed by atoms with Crippen LogP contribution in [0, 0.1) is 12.8 Å². The van der Waals surface area contributed by atoms with E-state index in [9.17, 15) is 4.79 Å². The number of nitrogens with zero attached hydrogens (tertiary/aromatic N) is 1. The molecule has 3 rings (SSSR count). The second-order valence-corrected chi connectivity index (χ2v) is 6.46. The molecule has 116 valence electrons. The molecule has 0 bridgehead atoms. The molecular formula is C17H25ClN2O. The highest BCUT2D eigenvalue weighted by atomic mass is 35.5. The average molecular weight is 309 g/mol. The van der Waals surface area contributed by atoms with Crippen molar-refractivity contribution in [3.05, 3.63) is 35.4 Å². The van der Waals surface area contributed by atoms with Crippen LogP contribution in [0.2, 0.25) is 0 Å². The fourth-order valence-electron chi connectivity index (χ4n) is 3.26. The Labute approximate surface area is 133 Å². The zero-order valence-corrected chi connectivity index (χ0v) is 13.4. The predicted octanol–water partition coefficient (Wildman–Crippen LogP) is 3.04. The second kappa shape index (κ2) is 6.80. The SMILES string of the molecule is Cc1cccc(CN(C(=O)C2CCC(N)C2)C2CC2)c1.Cl. The van der Waals surface area contributed by atoms with Crippen LogP contribution in [0.15, 0.2) is 24.3 Å². The van der Waals surface area contributed by atoms with Crippen molar-refractivity contribution in [1.82, 2.24) is 4.90 Å². The first-order valence-corrected chi connectivity index (χ1v) is 7.75. The summed E-state index contributed by atoms with van der Waals surface area (Å²) in [6.45, 7) is 2.86. The van der Waals surface area contributed by atoms with E-state index in [1.54, 1.807) is 0 Å². The van der Waals surface area contributed by atoms with Crippen LogP contribution in [0.25, 0.3) is 0 Å². The number of rotatable bonds is 4. The van der Waals surface area contributed by atoms with Crippen LogP contribution in [-0.2, 0) is 11.3 Å². The summed E-state index contributed by atoms with van der Waals surface area (Å²) in [7, 11) is 0. The molecule has 2 aliphatic rings. The Kier molecular flexibility index (Phi) is 5.28. The highest BCUT2D eigenvalue weighted by molar-refractivity contribution is 5.85. The van der Waals surface area contributed by atoms with Gasteiger partial charge in [0.15, 0.2) is 0 Å². The van der Waals surface area contributed by atoms with E-state index in [4.69, 9.17) is 5.73 Å². The summed E-state index contributed by atoms with van der Waals surface area (Å²) >= 11 is 0. The van der Waals surface area contributed by atoms with Gasteiger partial charge in [-0.2, -0.15) is 0 Å². The standard InChI is InChI=1S/C17H24N2O.ClH/c1-12-3-2-4-13(9-12)11-19(16-7-8-16)17(20)14-5-6-15(18)10-14;/h2-4,9,14-16H,5-8,10-11,18H2,1H3;1H. The van der Waals surface area contributed by atoms with Gasteiger partial charge in [0.2, 0.25) is 5.91 Å². The number of aryl methyl sites for hydroxylation is 1. The van der Waals surface area contributed by atoms with Gasteiger partial charge < -0.3 is 10.6 Å². The van der Waals surface area contributed by atoms with Crippen molar-refractivity contribution < 1.29 is 4.79 Å². The zero-order valence-electron chi connectivity index (χ0n) is 12.6. The summed E-state index contributed by atoms with van der Waals surface area (Å²) in [5.74, 6) is 0.498. The molecule has 2 saturated carbocycles. The Morgan fingerprint density at radius 2 is 2.05 bits per heavy atom. The molecule has 0 aromatic heterocycles. The van der Waals surface area contributed by atoms with Crippen LogP contribution in [0.3, 0.4) is 0 Å². The Hall–Kier alpha value is -1.06. The molecule has 2 aliphatic carbocycles. The van der Waals surface area contributed by atoms with Gasteiger partial charge in [-0.15, -0.1) is 12.4 Å². The topological polar surface area (TPSA) is 46.3 Å². The van der Waals surface area contributed by atoms with Crippen molar-refractivity contribution in [2.24, 2.45) is 11.7 Å². The number of carbonyl (C=O) groups excluding carboxylic acids is 1. The number of carbonyl (C=O) groups is 1. The fraction of sp³-hybridized carbons (Fsp3) is 0.588. The minimum atomic E-state index is 0. The smallest absolute Gasteiger partial charge is 0.226 e. The van der Waals surface area contributed by atoms with Crippen LogP contribution in [0.1, 0.15) is 43.2 Å². The van der Waals surface area contributed by atoms with E-state index < -0.39 is 0 Å². The van der Waals surface area contributed by atoms with Crippen LogP contribution in [0.5, 0.6) is 0 Å². The lowest BCUT2D eigenvalue weighted by Gasteiger charge is -2.26. The average Bonchev–Trinajstić information content (AvgIpc) is 3.17. The second-order valence-electron chi connectivity index (χ2n) is 6.46. The third-order valence-corrected chi connectivity index (χ3v) is 4.53. The summed E-state index contributed by atoms with van der Waals surface area (Å²) < 4.78 is 0. The van der Waals surface area contributed by atoms with Gasteiger partial charge in [0.25, 0.3) is 0 Å². The van der Waals surface area contributed by atoms with Crippen molar-refractivity contribution in [3.63, 3.8) is 0 Å². The lowest BCUT2D eigenvalue weighted by molar-refractivity contribution is -0.136. The molecule has 0 aliphatic heterocycles. The molecule has 0 heterocycles. The molecule has 0 radical (unpaired) electrons. The molecule has 4 heteroatoms. The molecule has 2 atom stereocenters. The number of benzene rings is 1. The molecule has 1 aromatic rings. The predicted molar refractivity (Wildman–Crippen MR) is 87.3 cm³/mol. The van der Waals surface area contributed by atoms with Gasteiger partial charge in [-0.3, -0.25) is 4.79 Å². The number of hydrogen-bond donors (Lipinski definition) is 1. The van der Waals surface area contributed by atoms with Crippen molar-refractivity contribution in [2.75, 3.05) is 0 Å². The van der Waals surface area contributed by atoms with Crippen LogP contribution in [0.4, 0.5) is 0 Å². The Morgan fingerprint density at radius 3 is 2.62 bits per heavy atom. The molecule has 2 fully saturated rings. The lowest BCUT2D eigenvalue weighted by Crippen LogP contribution is -2.37.